The van der Waals surface area contributed by atoms with E-state index in [1.54, 1.807) is 0 Å². The molecule has 76 valence electrons. The number of anilines is 1. The van der Waals surface area contributed by atoms with Crippen LogP contribution in [0.2, 0.25) is 0 Å². The third-order valence-corrected chi connectivity index (χ3v) is 1.82. The second kappa shape index (κ2) is 3.79. The van der Waals surface area contributed by atoms with Crippen LogP contribution in [0.5, 0.6) is 0 Å². The second-order valence-corrected chi connectivity index (χ2v) is 2.91. The highest BCUT2D eigenvalue weighted by atomic mass is 15.4. The number of nitrogens with two attached hydrogens (primary N) is 2. The summed E-state index contributed by atoms with van der Waals surface area (Å²) < 4.78 is 0. The third-order valence-electron chi connectivity index (χ3n) is 1.82. The molecule has 0 amide bonds. The molecule has 0 aliphatic carbocycles. The number of amidine groups is 2. The minimum absolute atomic E-state index is 0.218. The molecule has 1 aliphatic heterocycles. The van der Waals surface area contributed by atoms with Crippen LogP contribution in [0.15, 0.2) is 45.6 Å². The molecule has 1 heterocycles. The highest BCUT2D eigenvalue weighted by molar-refractivity contribution is 6.68. The minimum Gasteiger partial charge on any atom is -0.380 e. The van der Waals surface area contributed by atoms with E-state index in [0.29, 0.717) is 5.71 Å². The highest BCUT2D eigenvalue weighted by Gasteiger charge is 2.15. The van der Waals surface area contributed by atoms with Crippen LogP contribution in [-0.2, 0) is 0 Å². The van der Waals surface area contributed by atoms with Gasteiger partial charge in [0.05, 0.1) is 5.69 Å². The Balaban J connectivity index is 2.13. The van der Waals surface area contributed by atoms with Crippen LogP contribution < -0.4 is 16.9 Å². The van der Waals surface area contributed by atoms with Crippen LogP contribution in [0.25, 0.3) is 0 Å². The van der Waals surface area contributed by atoms with Gasteiger partial charge in [0.25, 0.3) is 0 Å². The van der Waals surface area contributed by atoms with Crippen molar-refractivity contribution in [1.82, 2.24) is 0 Å². The maximum Gasteiger partial charge on any atom is 0.177 e. The van der Waals surface area contributed by atoms with Crippen molar-refractivity contribution in [1.29, 1.82) is 0 Å². The van der Waals surface area contributed by atoms with Crippen LogP contribution in [-0.4, -0.2) is 17.4 Å². The van der Waals surface area contributed by atoms with E-state index in [1.165, 1.54) is 0 Å². The molecule has 0 atom stereocenters. The molecule has 1 aromatic carbocycles. The van der Waals surface area contributed by atoms with Crippen molar-refractivity contribution in [3.63, 3.8) is 0 Å². The van der Waals surface area contributed by atoms with E-state index in [0.717, 1.165) is 5.69 Å². The van der Waals surface area contributed by atoms with Gasteiger partial charge in [0, 0.05) is 0 Å². The van der Waals surface area contributed by atoms with Gasteiger partial charge in [-0.05, 0) is 12.1 Å². The highest BCUT2D eigenvalue weighted by Crippen LogP contribution is 2.05. The Morgan fingerprint density at radius 3 is 2.20 bits per heavy atom. The van der Waals surface area contributed by atoms with E-state index >= 15 is 0 Å². The zero-order valence-corrected chi connectivity index (χ0v) is 7.88. The van der Waals surface area contributed by atoms with Crippen molar-refractivity contribution >= 4 is 23.1 Å². The van der Waals surface area contributed by atoms with Crippen molar-refractivity contribution in [2.45, 2.75) is 0 Å². The summed E-state index contributed by atoms with van der Waals surface area (Å²) in [5, 5.41) is 11.2. The summed E-state index contributed by atoms with van der Waals surface area (Å²) in [5.74, 6) is 0.437. The summed E-state index contributed by atoms with van der Waals surface area (Å²) >= 11 is 0. The predicted molar refractivity (Wildman–Crippen MR) is 60.7 cm³/mol. The van der Waals surface area contributed by atoms with Gasteiger partial charge in [-0.2, -0.15) is 5.10 Å². The first-order chi connectivity index (χ1) is 7.27. The summed E-state index contributed by atoms with van der Waals surface area (Å²) in [7, 11) is 0. The van der Waals surface area contributed by atoms with E-state index in [-0.39, 0.29) is 11.7 Å². The number of hydrazone groups is 1. The van der Waals surface area contributed by atoms with Crippen LogP contribution in [0, 0.1) is 0 Å². The molecule has 0 spiro atoms. The maximum absolute atomic E-state index is 5.52. The Labute approximate surface area is 86.4 Å². The third kappa shape index (κ3) is 1.93. The number of para-hydroxylation sites is 1. The van der Waals surface area contributed by atoms with E-state index in [2.05, 4.69) is 20.7 Å². The van der Waals surface area contributed by atoms with Gasteiger partial charge in [-0.1, -0.05) is 18.2 Å². The molecule has 6 heteroatoms. The van der Waals surface area contributed by atoms with Gasteiger partial charge in [0.1, 0.15) is 0 Å². The summed E-state index contributed by atoms with van der Waals surface area (Å²) in [6.07, 6.45) is 0. The molecule has 1 aliphatic rings. The van der Waals surface area contributed by atoms with Crippen LogP contribution >= 0.6 is 0 Å². The van der Waals surface area contributed by atoms with E-state index in [9.17, 15) is 0 Å². The smallest absolute Gasteiger partial charge is 0.177 e. The molecular weight excluding hydrogens is 192 g/mol. The summed E-state index contributed by atoms with van der Waals surface area (Å²) in [6.45, 7) is 0. The Morgan fingerprint density at radius 1 is 1.00 bits per heavy atom. The normalized spacial score (nSPS) is 14.5. The first-order valence-corrected chi connectivity index (χ1v) is 4.33. The average Bonchev–Trinajstić information content (AvgIpc) is 2.58. The van der Waals surface area contributed by atoms with E-state index in [1.807, 2.05) is 30.3 Å². The fourth-order valence-electron chi connectivity index (χ4n) is 1.08. The van der Waals surface area contributed by atoms with Gasteiger partial charge in [0.2, 0.25) is 0 Å². The SMILES string of the molecule is NC1=NN=C(N)C1=NNc1ccccc1. The Hall–Kier alpha value is -2.37. The summed E-state index contributed by atoms with van der Waals surface area (Å²) in [4.78, 5) is 0. The van der Waals surface area contributed by atoms with E-state index < -0.39 is 0 Å². The van der Waals surface area contributed by atoms with Crippen molar-refractivity contribution in [3.05, 3.63) is 30.3 Å². The molecule has 15 heavy (non-hydrogen) atoms. The van der Waals surface area contributed by atoms with Crippen molar-refractivity contribution in [2.75, 3.05) is 5.43 Å². The summed E-state index contributed by atoms with van der Waals surface area (Å²) in [6, 6.07) is 9.46. The molecule has 6 nitrogen and oxygen atoms in total. The van der Waals surface area contributed by atoms with Gasteiger partial charge in [0.15, 0.2) is 17.4 Å². The summed E-state index contributed by atoms with van der Waals surface area (Å²) in [5.41, 5.74) is 15.1. The van der Waals surface area contributed by atoms with Crippen LogP contribution in [0.3, 0.4) is 0 Å². The molecule has 0 fully saturated rings. The molecule has 0 saturated carbocycles. The molecule has 2 rings (SSSR count). The minimum atomic E-state index is 0.218. The number of nitrogens with one attached hydrogen (secondary N) is 1. The van der Waals surface area contributed by atoms with Crippen molar-refractivity contribution in [2.24, 2.45) is 26.8 Å². The molecular formula is C9H10N6. The topological polar surface area (TPSA) is 101 Å². The zero-order chi connectivity index (χ0) is 10.7. The lowest BCUT2D eigenvalue weighted by atomic mass is 10.3. The second-order valence-electron chi connectivity index (χ2n) is 2.91. The lowest BCUT2D eigenvalue weighted by molar-refractivity contribution is 1.25. The average molecular weight is 202 g/mol. The lowest BCUT2D eigenvalue weighted by Crippen LogP contribution is -2.32. The molecule has 0 radical (unpaired) electrons. The maximum atomic E-state index is 5.52. The Kier molecular flexibility index (Phi) is 2.32. The number of benzene rings is 1. The monoisotopic (exact) mass is 202 g/mol. The molecule has 5 N–H and O–H groups in total. The van der Waals surface area contributed by atoms with Gasteiger partial charge in [-0.15, -0.1) is 10.2 Å². The molecule has 0 unspecified atom stereocenters. The lowest BCUT2D eigenvalue weighted by Gasteiger charge is -2.01. The largest absolute Gasteiger partial charge is 0.380 e. The Bertz CT molecular complexity index is 425. The van der Waals surface area contributed by atoms with E-state index in [4.69, 9.17) is 11.5 Å². The van der Waals surface area contributed by atoms with Crippen LogP contribution in [0.4, 0.5) is 5.69 Å². The molecule has 1 aromatic rings. The predicted octanol–water partition coefficient (Wildman–Crippen LogP) is 0.0975. The Morgan fingerprint density at radius 2 is 1.60 bits per heavy atom. The van der Waals surface area contributed by atoms with Gasteiger partial charge in [-0.3, -0.25) is 5.43 Å². The number of nitrogens with zero attached hydrogens (tertiary/aromatic N) is 3. The molecule has 0 bridgehead atoms. The quantitative estimate of drug-likeness (QED) is 0.592. The number of hydrogen-bond acceptors (Lipinski definition) is 6. The number of hydrogen-bond donors (Lipinski definition) is 3. The first-order valence-electron chi connectivity index (χ1n) is 4.33. The first kappa shape index (κ1) is 9.20. The number of rotatable bonds is 2. The van der Waals surface area contributed by atoms with Crippen LogP contribution in [0.1, 0.15) is 0 Å². The zero-order valence-electron chi connectivity index (χ0n) is 7.88. The van der Waals surface area contributed by atoms with Crippen molar-refractivity contribution in [3.8, 4) is 0 Å². The molecule has 0 aromatic heterocycles. The van der Waals surface area contributed by atoms with Gasteiger partial charge in [-0.25, -0.2) is 0 Å². The van der Waals surface area contributed by atoms with Gasteiger partial charge < -0.3 is 11.5 Å². The standard InChI is InChI=1S/C9H10N6/c10-8-7(9(11)15-14-8)13-12-6-4-2-1-3-5-6/h1-5,12H,(H4,10,11,13,14,15). The fourth-order valence-corrected chi connectivity index (χ4v) is 1.08. The van der Waals surface area contributed by atoms with Crippen molar-refractivity contribution < 1.29 is 0 Å². The van der Waals surface area contributed by atoms with Gasteiger partial charge >= 0.3 is 0 Å². The fraction of sp³-hybridized carbons (Fsp3) is 0. The molecule has 0 saturated heterocycles.